The second-order valence-corrected chi connectivity index (χ2v) is 8.78. The first-order valence-corrected chi connectivity index (χ1v) is 11.4. The minimum absolute atomic E-state index is 0.00803. The van der Waals surface area contributed by atoms with Gasteiger partial charge in [0.1, 0.15) is 0 Å². The van der Waals surface area contributed by atoms with Crippen LogP contribution in [0.2, 0.25) is 0 Å². The average molecular weight is 433 g/mol. The van der Waals surface area contributed by atoms with E-state index in [1.165, 1.54) is 18.2 Å². The lowest BCUT2D eigenvalue weighted by molar-refractivity contribution is -0.113. The molecule has 0 unspecified atom stereocenters. The molecule has 0 bridgehead atoms. The molecule has 0 aliphatic carbocycles. The van der Waals surface area contributed by atoms with Gasteiger partial charge in [0.2, 0.25) is 15.9 Å². The van der Waals surface area contributed by atoms with Gasteiger partial charge in [0.25, 0.3) is 5.56 Å². The van der Waals surface area contributed by atoms with Crippen molar-refractivity contribution in [2.45, 2.75) is 29.9 Å². The summed E-state index contributed by atoms with van der Waals surface area (Å²) < 4.78 is 24.5. The fraction of sp³-hybridized carbons (Fsp3) is 0.211. The van der Waals surface area contributed by atoms with Crippen LogP contribution in [0.3, 0.4) is 0 Å². The highest BCUT2D eigenvalue weighted by Gasteiger charge is 2.14. The van der Waals surface area contributed by atoms with Gasteiger partial charge in [-0.3, -0.25) is 14.2 Å². The van der Waals surface area contributed by atoms with Crippen molar-refractivity contribution >= 4 is 44.3 Å². The Morgan fingerprint density at radius 3 is 2.69 bits per heavy atom. The van der Waals surface area contributed by atoms with Gasteiger partial charge in [-0.15, -0.1) is 0 Å². The first-order chi connectivity index (χ1) is 13.8. The number of nitrogens with zero attached hydrogens (tertiary/aromatic N) is 2. The molecule has 1 heterocycles. The standard InChI is InChI=1S/C19H20N4O4S2/c1-2-10-23-18(25)15-8-3-4-9-16(15)22-19(23)28-12-17(24)21-13-6-5-7-14(11-13)29(20,26)27/h3-9,11H,2,10,12H2,1H3,(H,21,24)(H2,20,26,27). The quantitative estimate of drug-likeness (QED) is 0.436. The predicted molar refractivity (Wildman–Crippen MR) is 113 cm³/mol. The Morgan fingerprint density at radius 1 is 1.21 bits per heavy atom. The lowest BCUT2D eigenvalue weighted by Crippen LogP contribution is -2.24. The van der Waals surface area contributed by atoms with E-state index in [0.717, 1.165) is 18.2 Å². The van der Waals surface area contributed by atoms with Gasteiger partial charge < -0.3 is 5.32 Å². The molecule has 1 amide bonds. The van der Waals surface area contributed by atoms with Gasteiger partial charge in [-0.25, -0.2) is 18.5 Å². The summed E-state index contributed by atoms with van der Waals surface area (Å²) in [6, 6.07) is 12.8. The number of thioether (sulfide) groups is 1. The Balaban J connectivity index is 1.79. The largest absolute Gasteiger partial charge is 0.325 e. The van der Waals surface area contributed by atoms with E-state index in [-0.39, 0.29) is 22.1 Å². The zero-order valence-corrected chi connectivity index (χ0v) is 17.3. The maximum atomic E-state index is 12.7. The van der Waals surface area contributed by atoms with Gasteiger partial charge in [0.05, 0.1) is 21.6 Å². The molecule has 3 N–H and O–H groups in total. The first-order valence-electron chi connectivity index (χ1n) is 8.84. The molecule has 0 aliphatic heterocycles. The summed E-state index contributed by atoms with van der Waals surface area (Å²) in [4.78, 5) is 29.5. The number of amides is 1. The number of hydrogen-bond acceptors (Lipinski definition) is 6. The van der Waals surface area contributed by atoms with Gasteiger partial charge in [-0.1, -0.05) is 36.9 Å². The summed E-state index contributed by atoms with van der Waals surface area (Å²) in [6.07, 6.45) is 0.750. The number of rotatable bonds is 7. The number of benzene rings is 2. The number of aromatic nitrogens is 2. The molecule has 152 valence electrons. The minimum atomic E-state index is -3.86. The van der Waals surface area contributed by atoms with Gasteiger partial charge in [0, 0.05) is 12.2 Å². The van der Waals surface area contributed by atoms with Gasteiger partial charge in [-0.05, 0) is 36.8 Å². The number of nitrogens with two attached hydrogens (primary N) is 1. The molecule has 0 saturated heterocycles. The van der Waals surface area contributed by atoms with Crippen LogP contribution in [0.1, 0.15) is 13.3 Å². The third-order valence-corrected chi connectivity index (χ3v) is 5.94. The average Bonchev–Trinajstić information content (AvgIpc) is 2.68. The van der Waals surface area contributed by atoms with Crippen molar-refractivity contribution in [3.63, 3.8) is 0 Å². The van der Waals surface area contributed by atoms with Crippen molar-refractivity contribution in [3.8, 4) is 0 Å². The lowest BCUT2D eigenvalue weighted by Gasteiger charge is -2.12. The van der Waals surface area contributed by atoms with Gasteiger partial charge in [-0.2, -0.15) is 0 Å². The van der Waals surface area contributed by atoms with Crippen molar-refractivity contribution in [3.05, 3.63) is 58.9 Å². The van der Waals surface area contributed by atoms with Crippen molar-refractivity contribution < 1.29 is 13.2 Å². The Kier molecular flexibility index (Phi) is 6.36. The number of carbonyl (C=O) groups excluding carboxylic acids is 1. The van der Waals surface area contributed by atoms with Crippen LogP contribution in [0.25, 0.3) is 10.9 Å². The number of anilines is 1. The van der Waals surface area contributed by atoms with E-state index in [9.17, 15) is 18.0 Å². The molecule has 3 rings (SSSR count). The topological polar surface area (TPSA) is 124 Å². The van der Waals surface area contributed by atoms with E-state index in [4.69, 9.17) is 5.14 Å². The van der Waals surface area contributed by atoms with E-state index in [1.807, 2.05) is 6.92 Å². The Hall–Kier alpha value is -2.69. The lowest BCUT2D eigenvalue weighted by atomic mass is 10.2. The van der Waals surface area contributed by atoms with E-state index < -0.39 is 10.0 Å². The zero-order valence-electron chi connectivity index (χ0n) is 15.7. The summed E-state index contributed by atoms with van der Waals surface area (Å²) in [5, 5.41) is 8.74. The summed E-state index contributed by atoms with van der Waals surface area (Å²) in [6.45, 7) is 2.46. The highest BCUT2D eigenvalue weighted by molar-refractivity contribution is 7.99. The fourth-order valence-electron chi connectivity index (χ4n) is 2.76. The molecule has 0 spiro atoms. The molecule has 0 aliphatic rings. The Bertz CT molecular complexity index is 1220. The molecule has 10 heteroatoms. The molecule has 0 fully saturated rings. The van der Waals surface area contributed by atoms with E-state index >= 15 is 0 Å². The van der Waals surface area contributed by atoms with Crippen LogP contribution in [-0.2, 0) is 21.4 Å². The predicted octanol–water partition coefficient (Wildman–Crippen LogP) is 2.18. The SMILES string of the molecule is CCCn1c(SCC(=O)Nc2cccc(S(N)(=O)=O)c2)nc2ccccc2c1=O. The molecule has 1 aromatic heterocycles. The number of para-hydroxylation sites is 1. The van der Waals surface area contributed by atoms with Crippen molar-refractivity contribution in [2.75, 3.05) is 11.1 Å². The molecule has 3 aromatic rings. The van der Waals surface area contributed by atoms with Crippen LogP contribution in [0.5, 0.6) is 0 Å². The number of hydrogen-bond donors (Lipinski definition) is 2. The van der Waals surface area contributed by atoms with Crippen LogP contribution < -0.4 is 16.0 Å². The molecule has 0 radical (unpaired) electrons. The number of carbonyl (C=O) groups is 1. The van der Waals surface area contributed by atoms with Crippen LogP contribution in [-0.4, -0.2) is 29.6 Å². The van der Waals surface area contributed by atoms with Crippen molar-refractivity contribution in [1.82, 2.24) is 9.55 Å². The fourth-order valence-corrected chi connectivity index (χ4v) is 4.14. The molecule has 2 aromatic carbocycles. The van der Waals surface area contributed by atoms with E-state index in [2.05, 4.69) is 10.3 Å². The third-order valence-electron chi connectivity index (χ3n) is 4.05. The number of primary sulfonamides is 1. The second-order valence-electron chi connectivity index (χ2n) is 6.28. The highest BCUT2D eigenvalue weighted by atomic mass is 32.2. The summed E-state index contributed by atoms with van der Waals surface area (Å²) in [5.74, 6) is -0.347. The number of nitrogens with one attached hydrogen (secondary N) is 1. The molecular formula is C19H20N4O4S2. The normalized spacial score (nSPS) is 11.5. The summed E-state index contributed by atoms with van der Waals surface area (Å²) in [7, 11) is -3.86. The van der Waals surface area contributed by atoms with Crippen LogP contribution >= 0.6 is 11.8 Å². The molecule has 0 saturated carbocycles. The van der Waals surface area contributed by atoms with E-state index in [1.54, 1.807) is 34.9 Å². The van der Waals surface area contributed by atoms with Gasteiger partial charge >= 0.3 is 0 Å². The van der Waals surface area contributed by atoms with Gasteiger partial charge in [0.15, 0.2) is 5.16 Å². The minimum Gasteiger partial charge on any atom is -0.325 e. The Morgan fingerprint density at radius 2 is 1.97 bits per heavy atom. The van der Waals surface area contributed by atoms with Crippen LogP contribution in [0, 0.1) is 0 Å². The number of fused-ring (bicyclic) bond motifs is 1. The number of sulfonamides is 1. The van der Waals surface area contributed by atoms with Crippen LogP contribution in [0.15, 0.2) is 63.4 Å². The van der Waals surface area contributed by atoms with E-state index in [0.29, 0.717) is 28.3 Å². The summed E-state index contributed by atoms with van der Waals surface area (Å²) >= 11 is 1.15. The summed E-state index contributed by atoms with van der Waals surface area (Å²) in [5.41, 5.74) is 0.759. The third kappa shape index (κ3) is 5.03. The molecule has 0 atom stereocenters. The maximum absolute atomic E-state index is 12.7. The van der Waals surface area contributed by atoms with Crippen molar-refractivity contribution in [2.24, 2.45) is 5.14 Å². The monoisotopic (exact) mass is 432 g/mol. The molecule has 29 heavy (non-hydrogen) atoms. The molecule has 8 nitrogen and oxygen atoms in total. The first kappa shape index (κ1) is 21.0. The smallest absolute Gasteiger partial charge is 0.262 e. The highest BCUT2D eigenvalue weighted by Crippen LogP contribution is 2.19. The zero-order chi connectivity index (χ0) is 21.0. The van der Waals surface area contributed by atoms with Crippen molar-refractivity contribution in [1.29, 1.82) is 0 Å². The van der Waals surface area contributed by atoms with Crippen LogP contribution in [0.4, 0.5) is 5.69 Å². The second kappa shape index (κ2) is 8.76. The Labute approximate surface area is 172 Å². The molecular weight excluding hydrogens is 412 g/mol. The maximum Gasteiger partial charge on any atom is 0.262 e.